The zero-order chi connectivity index (χ0) is 13.1. The second-order valence-electron chi connectivity index (χ2n) is 3.90. The molecular weight excluding hydrogens is 253 g/mol. The van der Waals surface area contributed by atoms with Gasteiger partial charge in [0.05, 0.1) is 5.69 Å². The van der Waals surface area contributed by atoms with Gasteiger partial charge >= 0.3 is 5.97 Å². The Morgan fingerprint density at radius 1 is 1.44 bits per heavy atom. The fraction of sp³-hybridized carbons (Fsp3) is 0.154. The number of benzene rings is 1. The molecule has 0 aliphatic carbocycles. The van der Waals surface area contributed by atoms with E-state index in [4.69, 9.17) is 5.11 Å². The molecule has 0 unspecified atom stereocenters. The van der Waals surface area contributed by atoms with Crippen molar-refractivity contribution in [3.8, 4) is 0 Å². The summed E-state index contributed by atoms with van der Waals surface area (Å²) < 4.78 is 13.4. The summed E-state index contributed by atoms with van der Waals surface area (Å²) in [6.07, 6.45) is 0. The molecular formula is C13H12FNO2S. The van der Waals surface area contributed by atoms with Gasteiger partial charge in [-0.05, 0) is 40.9 Å². The molecule has 0 saturated heterocycles. The maximum atomic E-state index is 13.4. The van der Waals surface area contributed by atoms with Crippen LogP contribution < -0.4 is 5.32 Å². The predicted molar refractivity (Wildman–Crippen MR) is 69.7 cm³/mol. The van der Waals surface area contributed by atoms with Crippen molar-refractivity contribution >= 4 is 23.0 Å². The Bertz CT molecular complexity index is 580. The molecule has 94 valence electrons. The first-order valence-corrected chi connectivity index (χ1v) is 6.31. The molecule has 0 aliphatic heterocycles. The van der Waals surface area contributed by atoms with Crippen LogP contribution in [0.4, 0.5) is 10.1 Å². The van der Waals surface area contributed by atoms with Crippen molar-refractivity contribution in [3.05, 3.63) is 51.5 Å². The molecule has 0 saturated carbocycles. The molecule has 0 spiro atoms. The first kappa shape index (κ1) is 12.6. The number of hydrogen-bond donors (Lipinski definition) is 2. The lowest BCUT2D eigenvalue weighted by molar-refractivity contribution is 0.0693. The lowest BCUT2D eigenvalue weighted by atomic mass is 10.1. The summed E-state index contributed by atoms with van der Waals surface area (Å²) in [5.41, 5.74) is 2.21. The minimum atomic E-state index is -1.27. The largest absolute Gasteiger partial charge is 0.478 e. The van der Waals surface area contributed by atoms with Gasteiger partial charge in [-0.2, -0.15) is 11.3 Å². The standard InChI is InChI=1S/C13H12FNO2S/c1-8-6-18-7-9(8)5-15-11-4-2-3-10(14)12(11)13(16)17/h2-4,6-7,15H,5H2,1H3,(H,16,17). The first-order chi connectivity index (χ1) is 8.59. The molecule has 0 aliphatic rings. The van der Waals surface area contributed by atoms with E-state index in [0.29, 0.717) is 12.2 Å². The van der Waals surface area contributed by atoms with E-state index in [-0.39, 0.29) is 5.56 Å². The van der Waals surface area contributed by atoms with Gasteiger partial charge in [-0.25, -0.2) is 9.18 Å². The SMILES string of the molecule is Cc1cscc1CNc1cccc(F)c1C(=O)O. The summed E-state index contributed by atoms with van der Waals surface area (Å²) in [4.78, 5) is 11.0. The topological polar surface area (TPSA) is 49.3 Å². The Hall–Kier alpha value is -1.88. The Balaban J connectivity index is 2.22. The number of carboxylic acids is 1. The van der Waals surface area contributed by atoms with E-state index in [1.807, 2.05) is 17.7 Å². The third kappa shape index (κ3) is 2.51. The predicted octanol–water partition coefficient (Wildman–Crippen LogP) is 3.51. The lowest BCUT2D eigenvalue weighted by Crippen LogP contribution is -2.08. The number of halogens is 1. The molecule has 1 aromatic carbocycles. The lowest BCUT2D eigenvalue weighted by Gasteiger charge is -2.10. The summed E-state index contributed by atoms with van der Waals surface area (Å²) in [5, 5.41) is 15.9. The van der Waals surface area contributed by atoms with Crippen molar-refractivity contribution in [1.29, 1.82) is 0 Å². The second-order valence-corrected chi connectivity index (χ2v) is 4.64. The van der Waals surface area contributed by atoms with E-state index in [9.17, 15) is 9.18 Å². The van der Waals surface area contributed by atoms with E-state index in [1.54, 1.807) is 17.4 Å². The molecule has 5 heteroatoms. The van der Waals surface area contributed by atoms with E-state index >= 15 is 0 Å². The molecule has 1 aromatic heterocycles. The van der Waals surface area contributed by atoms with Crippen molar-refractivity contribution in [2.75, 3.05) is 5.32 Å². The average Bonchev–Trinajstić information content (AvgIpc) is 2.71. The van der Waals surface area contributed by atoms with Crippen molar-refractivity contribution in [2.24, 2.45) is 0 Å². The molecule has 1 heterocycles. The number of anilines is 1. The highest BCUT2D eigenvalue weighted by atomic mass is 32.1. The van der Waals surface area contributed by atoms with Gasteiger partial charge in [0, 0.05) is 6.54 Å². The number of aryl methyl sites for hydroxylation is 1. The van der Waals surface area contributed by atoms with Gasteiger partial charge in [0.1, 0.15) is 11.4 Å². The minimum Gasteiger partial charge on any atom is -0.478 e. The zero-order valence-electron chi connectivity index (χ0n) is 9.74. The van der Waals surface area contributed by atoms with Crippen LogP contribution in [0.1, 0.15) is 21.5 Å². The summed E-state index contributed by atoms with van der Waals surface area (Å²) in [7, 11) is 0. The Morgan fingerprint density at radius 2 is 2.22 bits per heavy atom. The van der Waals surface area contributed by atoms with E-state index in [1.165, 1.54) is 6.07 Å². The summed E-state index contributed by atoms with van der Waals surface area (Å²) in [6.45, 7) is 2.47. The van der Waals surface area contributed by atoms with Crippen molar-refractivity contribution in [1.82, 2.24) is 0 Å². The molecule has 18 heavy (non-hydrogen) atoms. The molecule has 2 aromatic rings. The fourth-order valence-electron chi connectivity index (χ4n) is 1.65. The van der Waals surface area contributed by atoms with E-state index in [0.717, 1.165) is 17.2 Å². The van der Waals surface area contributed by atoms with Crippen LogP contribution in [0.2, 0.25) is 0 Å². The van der Waals surface area contributed by atoms with Gasteiger partial charge in [-0.1, -0.05) is 6.07 Å². The normalized spacial score (nSPS) is 10.3. The number of rotatable bonds is 4. The molecule has 0 amide bonds. The monoisotopic (exact) mass is 265 g/mol. The van der Waals surface area contributed by atoms with Crippen LogP contribution in [0, 0.1) is 12.7 Å². The van der Waals surface area contributed by atoms with Crippen LogP contribution >= 0.6 is 11.3 Å². The average molecular weight is 265 g/mol. The molecule has 0 radical (unpaired) electrons. The van der Waals surface area contributed by atoms with Gasteiger partial charge in [-0.15, -0.1) is 0 Å². The van der Waals surface area contributed by atoms with Crippen molar-refractivity contribution < 1.29 is 14.3 Å². The third-order valence-corrected chi connectivity index (χ3v) is 3.57. The quantitative estimate of drug-likeness (QED) is 0.889. The van der Waals surface area contributed by atoms with Gasteiger partial charge < -0.3 is 10.4 Å². The molecule has 2 rings (SSSR count). The van der Waals surface area contributed by atoms with Crippen LogP contribution in [0.25, 0.3) is 0 Å². The molecule has 0 bridgehead atoms. The zero-order valence-corrected chi connectivity index (χ0v) is 10.6. The number of nitrogens with one attached hydrogen (secondary N) is 1. The highest BCUT2D eigenvalue weighted by Crippen LogP contribution is 2.21. The fourth-order valence-corrected chi connectivity index (χ4v) is 2.50. The van der Waals surface area contributed by atoms with E-state index in [2.05, 4.69) is 5.32 Å². The molecule has 2 N–H and O–H groups in total. The highest BCUT2D eigenvalue weighted by molar-refractivity contribution is 7.08. The van der Waals surface area contributed by atoms with Gasteiger partial charge in [0.25, 0.3) is 0 Å². The Labute approximate surface area is 108 Å². The van der Waals surface area contributed by atoms with Gasteiger partial charge in [0.2, 0.25) is 0 Å². The molecule has 0 fully saturated rings. The first-order valence-electron chi connectivity index (χ1n) is 5.37. The number of carboxylic acid groups (broad SMARTS) is 1. The van der Waals surface area contributed by atoms with Crippen LogP contribution in [0.15, 0.2) is 29.0 Å². The van der Waals surface area contributed by atoms with Crippen molar-refractivity contribution in [2.45, 2.75) is 13.5 Å². The minimum absolute atomic E-state index is 0.299. The van der Waals surface area contributed by atoms with Gasteiger partial charge in [-0.3, -0.25) is 0 Å². The third-order valence-electron chi connectivity index (χ3n) is 2.66. The molecule has 0 atom stereocenters. The maximum Gasteiger partial charge on any atom is 0.340 e. The number of carbonyl (C=O) groups is 1. The number of thiophene rings is 1. The Morgan fingerprint density at radius 3 is 2.83 bits per heavy atom. The molecule has 3 nitrogen and oxygen atoms in total. The van der Waals surface area contributed by atoms with Crippen LogP contribution in [0.3, 0.4) is 0 Å². The summed E-state index contributed by atoms with van der Waals surface area (Å²) in [5.74, 6) is -1.99. The second kappa shape index (κ2) is 5.18. The summed E-state index contributed by atoms with van der Waals surface area (Å²) in [6, 6.07) is 4.20. The van der Waals surface area contributed by atoms with E-state index < -0.39 is 11.8 Å². The maximum absolute atomic E-state index is 13.4. The highest BCUT2D eigenvalue weighted by Gasteiger charge is 2.15. The smallest absolute Gasteiger partial charge is 0.340 e. The van der Waals surface area contributed by atoms with Gasteiger partial charge in [0.15, 0.2) is 0 Å². The number of hydrogen-bond acceptors (Lipinski definition) is 3. The van der Waals surface area contributed by atoms with Crippen LogP contribution in [-0.2, 0) is 6.54 Å². The van der Waals surface area contributed by atoms with Crippen LogP contribution in [0.5, 0.6) is 0 Å². The summed E-state index contributed by atoms with van der Waals surface area (Å²) >= 11 is 1.58. The van der Waals surface area contributed by atoms with Crippen LogP contribution in [-0.4, -0.2) is 11.1 Å². The number of aromatic carboxylic acids is 1. The Kier molecular flexibility index (Phi) is 3.62. The van der Waals surface area contributed by atoms with Crippen molar-refractivity contribution in [3.63, 3.8) is 0 Å².